The number of benzene rings is 2. The Kier molecular flexibility index (Phi) is 5.59. The number of carboxylic acids is 1. The Hall–Kier alpha value is -3.09. The van der Waals surface area contributed by atoms with E-state index in [9.17, 15) is 9.59 Å². The maximum absolute atomic E-state index is 11.9. The van der Waals surface area contributed by atoms with Crippen molar-refractivity contribution >= 4 is 41.3 Å². The number of carbonyl (C=O) groups is 2. The first-order valence-electron chi connectivity index (χ1n) is 7.66. The Morgan fingerprint density at radius 1 is 1.04 bits per heavy atom. The number of nitrogens with zero attached hydrogens (tertiary/aromatic N) is 1. The van der Waals surface area contributed by atoms with Crippen LogP contribution < -0.4 is 5.43 Å². The number of aromatic carboxylic acids is 1. The summed E-state index contributed by atoms with van der Waals surface area (Å²) < 4.78 is 5.59. The van der Waals surface area contributed by atoms with Crippen molar-refractivity contribution in [2.75, 3.05) is 0 Å². The number of carboxylic acid groups (broad SMARTS) is 1. The first kappa shape index (κ1) is 18.7. The van der Waals surface area contributed by atoms with Gasteiger partial charge in [-0.05, 0) is 54.6 Å². The zero-order chi connectivity index (χ0) is 19.4. The minimum Gasteiger partial charge on any atom is -0.478 e. The number of carbonyl (C=O) groups excluding carboxylic acids is 1. The molecule has 1 heterocycles. The van der Waals surface area contributed by atoms with E-state index in [4.69, 9.17) is 32.7 Å². The molecule has 136 valence electrons. The molecule has 3 rings (SSSR count). The van der Waals surface area contributed by atoms with E-state index in [0.717, 1.165) is 0 Å². The van der Waals surface area contributed by atoms with Gasteiger partial charge in [-0.25, -0.2) is 10.2 Å². The first-order chi connectivity index (χ1) is 12.9. The summed E-state index contributed by atoms with van der Waals surface area (Å²) in [7, 11) is 0. The van der Waals surface area contributed by atoms with Gasteiger partial charge in [-0.15, -0.1) is 0 Å². The fourth-order valence-electron chi connectivity index (χ4n) is 2.24. The molecular formula is C19H12Cl2N2O4. The Balaban J connectivity index is 1.70. The van der Waals surface area contributed by atoms with E-state index >= 15 is 0 Å². The lowest BCUT2D eigenvalue weighted by atomic mass is 10.1. The molecule has 27 heavy (non-hydrogen) atoms. The second-order valence-corrected chi connectivity index (χ2v) is 6.25. The minimum absolute atomic E-state index is 0.0176. The molecule has 0 radical (unpaired) electrons. The molecule has 0 atom stereocenters. The van der Waals surface area contributed by atoms with Crippen molar-refractivity contribution in [2.24, 2.45) is 5.10 Å². The maximum Gasteiger partial charge on any atom is 0.337 e. The molecule has 0 fully saturated rings. The Morgan fingerprint density at radius 3 is 2.48 bits per heavy atom. The molecular weight excluding hydrogens is 391 g/mol. The number of furan rings is 1. The van der Waals surface area contributed by atoms with Crippen LogP contribution in [-0.4, -0.2) is 23.2 Å². The highest BCUT2D eigenvalue weighted by atomic mass is 35.5. The topological polar surface area (TPSA) is 91.9 Å². The van der Waals surface area contributed by atoms with Crippen LogP contribution in [-0.2, 0) is 0 Å². The summed E-state index contributed by atoms with van der Waals surface area (Å²) in [5.74, 6) is -0.688. The molecule has 0 spiro atoms. The number of hydrogen-bond donors (Lipinski definition) is 2. The predicted molar refractivity (Wildman–Crippen MR) is 103 cm³/mol. The molecule has 2 N–H and O–H groups in total. The third-order valence-electron chi connectivity index (χ3n) is 3.57. The van der Waals surface area contributed by atoms with Crippen LogP contribution in [0.4, 0.5) is 0 Å². The average Bonchev–Trinajstić information content (AvgIpc) is 3.11. The molecule has 6 nitrogen and oxygen atoms in total. The number of nitrogens with one attached hydrogen (secondary N) is 1. The van der Waals surface area contributed by atoms with Gasteiger partial charge in [0.15, 0.2) is 0 Å². The monoisotopic (exact) mass is 402 g/mol. The zero-order valence-corrected chi connectivity index (χ0v) is 15.2. The van der Waals surface area contributed by atoms with Gasteiger partial charge >= 0.3 is 5.97 Å². The summed E-state index contributed by atoms with van der Waals surface area (Å²) in [4.78, 5) is 23.1. The van der Waals surface area contributed by atoms with Crippen LogP contribution in [0.25, 0.3) is 11.3 Å². The van der Waals surface area contributed by atoms with Crippen molar-refractivity contribution in [3.8, 4) is 11.3 Å². The van der Waals surface area contributed by atoms with Crippen molar-refractivity contribution < 1.29 is 19.1 Å². The third-order valence-corrected chi connectivity index (χ3v) is 4.15. The van der Waals surface area contributed by atoms with Gasteiger partial charge in [0.25, 0.3) is 5.91 Å². The predicted octanol–water partition coefficient (Wildman–Crippen LogP) is 4.72. The second-order valence-electron chi connectivity index (χ2n) is 5.41. The molecule has 0 saturated carbocycles. The number of hydrogen-bond acceptors (Lipinski definition) is 4. The number of rotatable bonds is 5. The van der Waals surface area contributed by atoms with Crippen LogP contribution in [0.15, 0.2) is 64.1 Å². The van der Waals surface area contributed by atoms with E-state index in [0.29, 0.717) is 27.7 Å². The van der Waals surface area contributed by atoms with Crippen LogP contribution in [0.5, 0.6) is 0 Å². The van der Waals surface area contributed by atoms with Gasteiger partial charge in [-0.2, -0.15) is 5.10 Å². The molecule has 0 aliphatic carbocycles. The molecule has 0 aliphatic rings. The summed E-state index contributed by atoms with van der Waals surface area (Å²) in [6.07, 6.45) is 1.34. The Labute approximate surface area is 164 Å². The van der Waals surface area contributed by atoms with E-state index in [-0.39, 0.29) is 10.6 Å². The summed E-state index contributed by atoms with van der Waals surface area (Å²) >= 11 is 11.6. The van der Waals surface area contributed by atoms with Gasteiger partial charge in [0, 0.05) is 16.1 Å². The van der Waals surface area contributed by atoms with E-state index in [1.165, 1.54) is 18.3 Å². The van der Waals surface area contributed by atoms with E-state index in [1.807, 2.05) is 0 Å². The average molecular weight is 403 g/mol. The molecule has 0 aliphatic heterocycles. The summed E-state index contributed by atoms with van der Waals surface area (Å²) in [6.45, 7) is 0. The Bertz CT molecular complexity index is 1030. The number of halogens is 2. The van der Waals surface area contributed by atoms with Crippen LogP contribution >= 0.6 is 23.2 Å². The van der Waals surface area contributed by atoms with Crippen LogP contribution in [0.1, 0.15) is 26.5 Å². The van der Waals surface area contributed by atoms with Crippen molar-refractivity contribution in [3.63, 3.8) is 0 Å². The summed E-state index contributed by atoms with van der Waals surface area (Å²) in [5.41, 5.74) is 3.33. The van der Waals surface area contributed by atoms with Gasteiger partial charge in [-0.3, -0.25) is 4.79 Å². The lowest BCUT2D eigenvalue weighted by Crippen LogP contribution is -2.17. The normalized spacial score (nSPS) is 10.9. The van der Waals surface area contributed by atoms with E-state index in [1.54, 1.807) is 42.5 Å². The zero-order valence-electron chi connectivity index (χ0n) is 13.6. The first-order valence-corrected chi connectivity index (χ1v) is 8.41. The van der Waals surface area contributed by atoms with Gasteiger partial charge in [0.05, 0.1) is 16.8 Å². The van der Waals surface area contributed by atoms with Gasteiger partial charge in [0.2, 0.25) is 0 Å². The highest BCUT2D eigenvalue weighted by Crippen LogP contribution is 2.26. The molecule has 0 bridgehead atoms. The molecule has 1 aromatic heterocycles. The van der Waals surface area contributed by atoms with E-state index < -0.39 is 11.9 Å². The smallest absolute Gasteiger partial charge is 0.337 e. The molecule has 2 aromatic carbocycles. The van der Waals surface area contributed by atoms with Crippen LogP contribution in [0, 0.1) is 0 Å². The fourth-order valence-corrected chi connectivity index (χ4v) is 2.56. The van der Waals surface area contributed by atoms with Crippen molar-refractivity contribution in [1.29, 1.82) is 0 Å². The highest BCUT2D eigenvalue weighted by Gasteiger charge is 2.12. The van der Waals surface area contributed by atoms with Gasteiger partial charge in [-0.1, -0.05) is 23.2 Å². The standard InChI is InChI=1S/C19H12Cl2N2O4/c20-13-4-1-11(2-5-13)18(24)23-22-10-14-6-8-17(27-14)12-3-7-16(21)15(9-12)19(25)26/h1-10H,(H,23,24)(H,25,26)/b22-10-. The number of hydrazone groups is 1. The lowest BCUT2D eigenvalue weighted by Gasteiger charge is -2.02. The van der Waals surface area contributed by atoms with Crippen LogP contribution in [0.3, 0.4) is 0 Å². The quantitative estimate of drug-likeness (QED) is 0.477. The molecule has 0 unspecified atom stereocenters. The molecule has 0 saturated heterocycles. The summed E-state index contributed by atoms with van der Waals surface area (Å²) in [5, 5.41) is 13.7. The molecule has 1 amide bonds. The van der Waals surface area contributed by atoms with Gasteiger partial charge < -0.3 is 9.52 Å². The van der Waals surface area contributed by atoms with Gasteiger partial charge in [0.1, 0.15) is 11.5 Å². The largest absolute Gasteiger partial charge is 0.478 e. The lowest BCUT2D eigenvalue weighted by molar-refractivity contribution is 0.0697. The summed E-state index contributed by atoms with van der Waals surface area (Å²) in [6, 6.07) is 14.2. The van der Waals surface area contributed by atoms with Crippen molar-refractivity contribution in [3.05, 3.63) is 81.5 Å². The molecule has 3 aromatic rings. The fraction of sp³-hybridized carbons (Fsp3) is 0. The SMILES string of the molecule is O=C(N/N=C\c1ccc(-c2ccc(Cl)c(C(=O)O)c2)o1)c1ccc(Cl)cc1. The third kappa shape index (κ3) is 4.55. The minimum atomic E-state index is -1.12. The Morgan fingerprint density at radius 2 is 1.78 bits per heavy atom. The van der Waals surface area contributed by atoms with Crippen molar-refractivity contribution in [1.82, 2.24) is 5.43 Å². The number of amides is 1. The highest BCUT2D eigenvalue weighted by molar-refractivity contribution is 6.33. The molecule has 8 heteroatoms. The van der Waals surface area contributed by atoms with Crippen LogP contribution in [0.2, 0.25) is 10.0 Å². The second kappa shape index (κ2) is 8.07. The van der Waals surface area contributed by atoms with E-state index in [2.05, 4.69) is 10.5 Å². The maximum atomic E-state index is 11.9. The van der Waals surface area contributed by atoms with Crippen molar-refractivity contribution in [2.45, 2.75) is 0 Å².